The Morgan fingerprint density at radius 2 is 1.96 bits per heavy atom. The van der Waals surface area contributed by atoms with Gasteiger partial charge in [-0.05, 0) is 18.2 Å². The molecular weight excluding hydrogens is 292 g/mol. The highest BCUT2D eigenvalue weighted by molar-refractivity contribution is 5.93. The minimum Gasteiger partial charge on any atom is -0.394 e. The summed E-state index contributed by atoms with van der Waals surface area (Å²) < 4.78 is 0. The van der Waals surface area contributed by atoms with E-state index in [9.17, 15) is 9.90 Å². The van der Waals surface area contributed by atoms with Gasteiger partial charge in [0.2, 0.25) is 0 Å². The molecule has 3 aromatic rings. The second kappa shape index (κ2) is 6.85. The standard InChI is InChI=1S/C17H16N4O2/c22-11-16(13-8-4-5-9-18-13)19-17(23)15-10-14(20-21-15)12-6-2-1-3-7-12/h1-10,16,22H,11H2,(H,19,23)(H,20,21). The predicted octanol–water partition coefficient (Wildman–Crippen LogP) is 1.94. The molecule has 3 N–H and O–H groups in total. The highest BCUT2D eigenvalue weighted by atomic mass is 16.3. The van der Waals surface area contributed by atoms with Gasteiger partial charge in [0.1, 0.15) is 5.69 Å². The first-order valence-corrected chi connectivity index (χ1v) is 7.21. The van der Waals surface area contributed by atoms with Crippen LogP contribution in [0.15, 0.2) is 60.8 Å². The summed E-state index contributed by atoms with van der Waals surface area (Å²) in [5.74, 6) is -0.343. The molecule has 0 saturated heterocycles. The van der Waals surface area contributed by atoms with Gasteiger partial charge in [0, 0.05) is 11.8 Å². The van der Waals surface area contributed by atoms with Gasteiger partial charge in [0.05, 0.1) is 24.0 Å². The van der Waals surface area contributed by atoms with E-state index in [0.717, 1.165) is 5.56 Å². The summed E-state index contributed by atoms with van der Waals surface area (Å²) in [7, 11) is 0. The number of aliphatic hydroxyl groups excluding tert-OH is 1. The molecule has 23 heavy (non-hydrogen) atoms. The molecule has 0 aliphatic rings. The smallest absolute Gasteiger partial charge is 0.269 e. The summed E-state index contributed by atoms with van der Waals surface area (Å²) in [5.41, 5.74) is 2.55. The lowest BCUT2D eigenvalue weighted by molar-refractivity contribution is 0.0909. The Hall–Kier alpha value is -2.99. The normalized spacial score (nSPS) is 11.9. The van der Waals surface area contributed by atoms with Gasteiger partial charge in [0.15, 0.2) is 0 Å². The molecule has 0 fully saturated rings. The Labute approximate surface area is 133 Å². The van der Waals surface area contributed by atoms with Gasteiger partial charge < -0.3 is 10.4 Å². The maximum atomic E-state index is 12.3. The van der Waals surface area contributed by atoms with Crippen molar-refractivity contribution in [2.45, 2.75) is 6.04 Å². The van der Waals surface area contributed by atoms with Crippen LogP contribution in [0, 0.1) is 0 Å². The molecule has 1 aromatic carbocycles. The third kappa shape index (κ3) is 3.44. The molecule has 0 aliphatic carbocycles. The maximum Gasteiger partial charge on any atom is 0.269 e. The molecule has 2 aromatic heterocycles. The lowest BCUT2D eigenvalue weighted by Crippen LogP contribution is -2.31. The van der Waals surface area contributed by atoms with Crippen molar-refractivity contribution in [3.8, 4) is 11.3 Å². The summed E-state index contributed by atoms with van der Waals surface area (Å²) in [4.78, 5) is 16.5. The van der Waals surface area contributed by atoms with Crippen molar-refractivity contribution in [1.82, 2.24) is 20.5 Å². The molecule has 6 nitrogen and oxygen atoms in total. The van der Waals surface area contributed by atoms with Crippen LogP contribution >= 0.6 is 0 Å². The minimum absolute atomic E-state index is 0.234. The van der Waals surface area contributed by atoms with Crippen molar-refractivity contribution in [2.75, 3.05) is 6.61 Å². The molecule has 1 unspecified atom stereocenters. The third-order valence-electron chi connectivity index (χ3n) is 3.42. The Kier molecular flexibility index (Phi) is 4.44. The first kappa shape index (κ1) is 14.9. The van der Waals surface area contributed by atoms with Crippen LogP contribution in [0.4, 0.5) is 0 Å². The summed E-state index contributed by atoms with van der Waals surface area (Å²) in [5, 5.41) is 19.1. The summed E-state index contributed by atoms with van der Waals surface area (Å²) in [6.07, 6.45) is 1.62. The Morgan fingerprint density at radius 1 is 1.17 bits per heavy atom. The third-order valence-corrected chi connectivity index (χ3v) is 3.42. The molecule has 116 valence electrons. The van der Waals surface area contributed by atoms with E-state index < -0.39 is 6.04 Å². The number of rotatable bonds is 5. The van der Waals surface area contributed by atoms with Crippen LogP contribution in [0.5, 0.6) is 0 Å². The summed E-state index contributed by atoms with van der Waals surface area (Å²) in [6, 6.07) is 16.0. The molecule has 3 rings (SSSR count). The molecule has 0 saturated carbocycles. The van der Waals surface area contributed by atoms with E-state index in [4.69, 9.17) is 0 Å². The zero-order valence-corrected chi connectivity index (χ0v) is 12.3. The van der Waals surface area contributed by atoms with Crippen LogP contribution in [0.25, 0.3) is 11.3 Å². The van der Waals surface area contributed by atoms with Gasteiger partial charge in [-0.3, -0.25) is 14.9 Å². The number of aromatic amines is 1. The van der Waals surface area contributed by atoms with Crippen molar-refractivity contribution in [3.63, 3.8) is 0 Å². The van der Waals surface area contributed by atoms with Crippen LogP contribution in [0.3, 0.4) is 0 Å². The number of pyridine rings is 1. The van der Waals surface area contributed by atoms with Crippen LogP contribution in [0.1, 0.15) is 22.2 Å². The van der Waals surface area contributed by atoms with Crippen LogP contribution in [-0.2, 0) is 0 Å². The summed E-state index contributed by atoms with van der Waals surface area (Å²) >= 11 is 0. The highest BCUT2D eigenvalue weighted by Crippen LogP contribution is 2.17. The average Bonchev–Trinajstić information content (AvgIpc) is 3.11. The molecule has 6 heteroatoms. The Morgan fingerprint density at radius 3 is 2.65 bits per heavy atom. The van der Waals surface area contributed by atoms with Gasteiger partial charge in [-0.15, -0.1) is 0 Å². The van der Waals surface area contributed by atoms with E-state index in [2.05, 4.69) is 20.5 Å². The van der Waals surface area contributed by atoms with Crippen molar-refractivity contribution >= 4 is 5.91 Å². The van der Waals surface area contributed by atoms with E-state index >= 15 is 0 Å². The second-order valence-corrected chi connectivity index (χ2v) is 5.00. The maximum absolute atomic E-state index is 12.3. The number of aromatic nitrogens is 3. The van der Waals surface area contributed by atoms with E-state index in [1.165, 1.54) is 0 Å². The van der Waals surface area contributed by atoms with Crippen molar-refractivity contribution in [1.29, 1.82) is 0 Å². The van der Waals surface area contributed by atoms with Gasteiger partial charge in [-0.1, -0.05) is 36.4 Å². The number of amides is 1. The number of benzene rings is 1. The van der Waals surface area contributed by atoms with Crippen molar-refractivity contribution < 1.29 is 9.90 Å². The SMILES string of the molecule is O=C(NC(CO)c1ccccn1)c1cc(-c2ccccc2)n[nH]1. The number of nitrogens with zero attached hydrogens (tertiary/aromatic N) is 2. The Bertz CT molecular complexity index is 772. The molecule has 2 heterocycles. The Balaban J connectivity index is 1.75. The monoisotopic (exact) mass is 308 g/mol. The number of hydrogen-bond acceptors (Lipinski definition) is 4. The molecule has 0 aliphatic heterocycles. The van der Waals surface area contributed by atoms with E-state index in [-0.39, 0.29) is 12.5 Å². The van der Waals surface area contributed by atoms with Gasteiger partial charge in [0.25, 0.3) is 5.91 Å². The number of aliphatic hydroxyl groups is 1. The van der Waals surface area contributed by atoms with Crippen LogP contribution < -0.4 is 5.32 Å². The largest absolute Gasteiger partial charge is 0.394 e. The molecule has 1 amide bonds. The number of carbonyl (C=O) groups is 1. The first-order chi connectivity index (χ1) is 11.3. The van der Waals surface area contributed by atoms with Crippen molar-refractivity contribution in [3.05, 3.63) is 72.2 Å². The number of H-pyrrole nitrogens is 1. The number of hydrogen-bond donors (Lipinski definition) is 3. The average molecular weight is 308 g/mol. The highest BCUT2D eigenvalue weighted by Gasteiger charge is 2.17. The molecule has 0 spiro atoms. The van der Waals surface area contributed by atoms with Gasteiger partial charge in [-0.25, -0.2) is 0 Å². The lowest BCUT2D eigenvalue weighted by atomic mass is 10.1. The minimum atomic E-state index is -0.563. The lowest BCUT2D eigenvalue weighted by Gasteiger charge is -2.14. The fraction of sp³-hybridized carbons (Fsp3) is 0.118. The predicted molar refractivity (Wildman–Crippen MR) is 85.6 cm³/mol. The fourth-order valence-electron chi connectivity index (χ4n) is 2.23. The molecule has 1 atom stereocenters. The van der Waals surface area contributed by atoms with E-state index in [1.54, 1.807) is 30.5 Å². The van der Waals surface area contributed by atoms with Crippen LogP contribution in [-0.4, -0.2) is 32.8 Å². The van der Waals surface area contributed by atoms with E-state index in [0.29, 0.717) is 17.1 Å². The number of nitrogens with one attached hydrogen (secondary N) is 2. The zero-order chi connectivity index (χ0) is 16.1. The quantitative estimate of drug-likeness (QED) is 0.672. The fourth-order valence-corrected chi connectivity index (χ4v) is 2.23. The first-order valence-electron chi connectivity index (χ1n) is 7.21. The van der Waals surface area contributed by atoms with E-state index in [1.807, 2.05) is 30.3 Å². The van der Waals surface area contributed by atoms with Gasteiger partial charge >= 0.3 is 0 Å². The topological polar surface area (TPSA) is 90.9 Å². The summed E-state index contributed by atoms with van der Waals surface area (Å²) in [6.45, 7) is -0.234. The molecular formula is C17H16N4O2. The van der Waals surface area contributed by atoms with Crippen LogP contribution in [0.2, 0.25) is 0 Å². The van der Waals surface area contributed by atoms with Crippen molar-refractivity contribution in [2.24, 2.45) is 0 Å². The van der Waals surface area contributed by atoms with Gasteiger partial charge in [-0.2, -0.15) is 5.10 Å². The molecule has 0 radical (unpaired) electrons. The number of carbonyl (C=O) groups excluding carboxylic acids is 1. The molecule has 0 bridgehead atoms. The second-order valence-electron chi connectivity index (χ2n) is 5.00. The zero-order valence-electron chi connectivity index (χ0n) is 12.3.